The van der Waals surface area contributed by atoms with Crippen molar-refractivity contribution in [3.05, 3.63) is 28.0 Å². The Balaban J connectivity index is 2.16. The molecule has 0 bridgehead atoms. The number of hydrogen-bond donors (Lipinski definition) is 1. The Morgan fingerprint density at radius 2 is 2.33 bits per heavy atom. The molecule has 0 radical (unpaired) electrons. The van der Waals surface area contributed by atoms with Crippen LogP contribution < -0.4 is 5.32 Å². The van der Waals surface area contributed by atoms with E-state index in [1.165, 1.54) is 12.1 Å². The lowest BCUT2D eigenvalue weighted by atomic mass is 9.73. The van der Waals surface area contributed by atoms with E-state index >= 15 is 0 Å². The summed E-state index contributed by atoms with van der Waals surface area (Å²) >= 11 is 3.30. The van der Waals surface area contributed by atoms with Crippen LogP contribution in [0, 0.1) is 5.82 Å². The van der Waals surface area contributed by atoms with E-state index in [0.29, 0.717) is 29.6 Å². The van der Waals surface area contributed by atoms with Gasteiger partial charge in [0.25, 0.3) is 0 Å². The molecule has 1 saturated heterocycles. The van der Waals surface area contributed by atoms with E-state index in [1.54, 1.807) is 0 Å². The van der Waals surface area contributed by atoms with Gasteiger partial charge in [-0.2, -0.15) is 0 Å². The van der Waals surface area contributed by atoms with Gasteiger partial charge in [0.05, 0.1) is 17.2 Å². The molecule has 2 unspecified atom stereocenters. The van der Waals surface area contributed by atoms with E-state index in [4.69, 9.17) is 4.74 Å². The Morgan fingerprint density at radius 3 is 3.06 bits per heavy atom. The molecule has 1 fully saturated rings. The molecule has 3 rings (SSSR count). The minimum Gasteiger partial charge on any atom is -0.378 e. The van der Waals surface area contributed by atoms with Gasteiger partial charge in [-0.3, -0.25) is 4.79 Å². The molecule has 18 heavy (non-hydrogen) atoms. The van der Waals surface area contributed by atoms with E-state index < -0.39 is 5.41 Å². The van der Waals surface area contributed by atoms with Crippen molar-refractivity contribution in [1.82, 2.24) is 0 Å². The molecular weight excluding hydrogens is 301 g/mol. The van der Waals surface area contributed by atoms with Gasteiger partial charge in [0, 0.05) is 11.1 Å². The molecule has 1 N–H and O–H groups in total. The highest BCUT2D eigenvalue weighted by Crippen LogP contribution is 2.48. The minimum atomic E-state index is -0.627. The van der Waals surface area contributed by atoms with Crippen molar-refractivity contribution in [1.29, 1.82) is 0 Å². The summed E-state index contributed by atoms with van der Waals surface area (Å²) in [7, 11) is 0. The van der Waals surface area contributed by atoms with Crippen LogP contribution in [0.5, 0.6) is 0 Å². The van der Waals surface area contributed by atoms with Gasteiger partial charge in [-0.15, -0.1) is 0 Å². The van der Waals surface area contributed by atoms with Gasteiger partial charge in [-0.1, -0.05) is 0 Å². The van der Waals surface area contributed by atoms with Crippen LogP contribution >= 0.6 is 15.9 Å². The first-order chi connectivity index (χ1) is 8.53. The first kappa shape index (κ1) is 12.1. The average Bonchev–Trinajstić information content (AvgIpc) is 2.54. The second-order valence-corrected chi connectivity index (χ2v) is 5.84. The number of benzene rings is 1. The highest BCUT2D eigenvalue weighted by atomic mass is 79.9. The number of fused-ring (bicyclic) bond motifs is 2. The van der Waals surface area contributed by atoms with Crippen LogP contribution in [0.3, 0.4) is 0 Å². The third kappa shape index (κ3) is 1.61. The summed E-state index contributed by atoms with van der Waals surface area (Å²) in [5.41, 5.74) is 0.836. The van der Waals surface area contributed by atoms with E-state index in [-0.39, 0.29) is 17.8 Å². The molecule has 0 aromatic heterocycles. The maximum Gasteiger partial charge on any atom is 0.235 e. The van der Waals surface area contributed by atoms with E-state index in [0.717, 1.165) is 5.56 Å². The van der Waals surface area contributed by atoms with Crippen molar-refractivity contribution in [2.45, 2.75) is 31.3 Å². The second-order valence-electron chi connectivity index (χ2n) is 4.98. The van der Waals surface area contributed by atoms with Crippen LogP contribution in [0.1, 0.15) is 25.3 Å². The predicted octanol–water partition coefficient (Wildman–Crippen LogP) is 2.98. The van der Waals surface area contributed by atoms with Gasteiger partial charge >= 0.3 is 0 Å². The number of amides is 1. The standard InChI is InChI=1S/C13H13BrFNO2/c1-7-6-13(2-3-18-7)9-4-8(15)5-10(14)11(9)16-12(13)17/h4-5,7H,2-3,6H2,1H3,(H,16,17). The molecule has 2 heterocycles. The highest BCUT2D eigenvalue weighted by molar-refractivity contribution is 9.10. The number of hydrogen-bond acceptors (Lipinski definition) is 2. The maximum absolute atomic E-state index is 13.6. The van der Waals surface area contributed by atoms with Crippen molar-refractivity contribution in [2.24, 2.45) is 0 Å². The highest BCUT2D eigenvalue weighted by Gasteiger charge is 2.50. The van der Waals surface area contributed by atoms with Crippen molar-refractivity contribution in [3.63, 3.8) is 0 Å². The Bertz CT molecular complexity index is 534. The molecule has 0 saturated carbocycles. The molecule has 1 aromatic rings. The normalized spacial score (nSPS) is 30.4. The van der Waals surface area contributed by atoms with Crippen LogP contribution in [0.15, 0.2) is 16.6 Å². The summed E-state index contributed by atoms with van der Waals surface area (Å²) in [6, 6.07) is 2.84. The molecule has 1 spiro atoms. The Morgan fingerprint density at radius 1 is 1.56 bits per heavy atom. The maximum atomic E-state index is 13.6. The molecule has 1 amide bonds. The lowest BCUT2D eigenvalue weighted by Crippen LogP contribution is -2.42. The zero-order chi connectivity index (χ0) is 12.9. The summed E-state index contributed by atoms with van der Waals surface area (Å²) in [5, 5.41) is 2.87. The topological polar surface area (TPSA) is 38.3 Å². The van der Waals surface area contributed by atoms with Crippen LogP contribution in [0.2, 0.25) is 0 Å². The molecule has 0 aliphatic carbocycles. The molecule has 1 aromatic carbocycles. The summed E-state index contributed by atoms with van der Waals surface area (Å²) in [6.07, 6.45) is 1.21. The van der Waals surface area contributed by atoms with Crippen LogP contribution in [0.4, 0.5) is 10.1 Å². The number of carbonyl (C=O) groups is 1. The number of nitrogens with one attached hydrogen (secondary N) is 1. The first-order valence-corrected chi connectivity index (χ1v) is 6.75. The van der Waals surface area contributed by atoms with Gasteiger partial charge in [-0.05, 0) is 53.4 Å². The quantitative estimate of drug-likeness (QED) is 0.799. The second kappa shape index (κ2) is 4.03. The van der Waals surface area contributed by atoms with E-state index in [1.807, 2.05) is 6.92 Å². The SMILES string of the molecule is CC1CC2(CCO1)C(=O)Nc1c(Br)cc(F)cc12. The zero-order valence-electron chi connectivity index (χ0n) is 9.93. The van der Waals surface area contributed by atoms with Crippen molar-refractivity contribution < 1.29 is 13.9 Å². The summed E-state index contributed by atoms with van der Waals surface area (Å²) in [6.45, 7) is 2.47. The first-order valence-electron chi connectivity index (χ1n) is 5.95. The number of carbonyl (C=O) groups excluding carboxylic acids is 1. The summed E-state index contributed by atoms with van der Waals surface area (Å²) in [5.74, 6) is -0.366. The minimum absolute atomic E-state index is 0.0116. The fraction of sp³-hybridized carbons (Fsp3) is 0.462. The average molecular weight is 314 g/mol. The predicted molar refractivity (Wildman–Crippen MR) is 69.1 cm³/mol. The molecule has 96 valence electrons. The number of halogens is 2. The number of rotatable bonds is 0. The molecule has 3 nitrogen and oxygen atoms in total. The summed E-state index contributed by atoms with van der Waals surface area (Å²) in [4.78, 5) is 12.3. The molecule has 2 aliphatic rings. The molecule has 5 heteroatoms. The fourth-order valence-corrected chi connectivity index (χ4v) is 3.50. The lowest BCUT2D eigenvalue weighted by molar-refractivity contribution is -0.126. The van der Waals surface area contributed by atoms with E-state index in [2.05, 4.69) is 21.2 Å². The Labute approximate surface area is 113 Å². The van der Waals surface area contributed by atoms with Gasteiger partial charge in [-0.25, -0.2) is 4.39 Å². The van der Waals surface area contributed by atoms with Crippen molar-refractivity contribution in [3.8, 4) is 0 Å². The van der Waals surface area contributed by atoms with Crippen molar-refractivity contribution in [2.75, 3.05) is 11.9 Å². The monoisotopic (exact) mass is 313 g/mol. The smallest absolute Gasteiger partial charge is 0.235 e. The number of anilines is 1. The van der Waals surface area contributed by atoms with Gasteiger partial charge in [0.2, 0.25) is 5.91 Å². The molecule has 2 aliphatic heterocycles. The van der Waals surface area contributed by atoms with Gasteiger partial charge in [0.15, 0.2) is 0 Å². The van der Waals surface area contributed by atoms with Gasteiger partial charge in [0.1, 0.15) is 5.82 Å². The van der Waals surface area contributed by atoms with Gasteiger partial charge < -0.3 is 10.1 Å². The Hall–Kier alpha value is -0.940. The third-order valence-electron chi connectivity index (χ3n) is 3.81. The lowest BCUT2D eigenvalue weighted by Gasteiger charge is -2.35. The third-order valence-corrected chi connectivity index (χ3v) is 4.44. The molecule has 2 atom stereocenters. The van der Waals surface area contributed by atoms with Crippen LogP contribution in [0.25, 0.3) is 0 Å². The van der Waals surface area contributed by atoms with E-state index in [9.17, 15) is 9.18 Å². The van der Waals surface area contributed by atoms with Crippen LogP contribution in [-0.4, -0.2) is 18.6 Å². The number of ether oxygens (including phenoxy) is 1. The fourth-order valence-electron chi connectivity index (χ4n) is 2.97. The van der Waals surface area contributed by atoms with Crippen molar-refractivity contribution >= 4 is 27.5 Å². The Kier molecular flexibility index (Phi) is 2.71. The molecular formula is C13H13BrFNO2. The van der Waals surface area contributed by atoms with Crippen LogP contribution in [-0.2, 0) is 14.9 Å². The summed E-state index contributed by atoms with van der Waals surface area (Å²) < 4.78 is 19.7. The largest absolute Gasteiger partial charge is 0.378 e. The zero-order valence-corrected chi connectivity index (χ0v) is 11.5.